The quantitative estimate of drug-likeness (QED) is 0.0890. The Balaban J connectivity index is -0.000000532. The second-order valence-electron chi connectivity index (χ2n) is 8.37. The number of aliphatic hydroxyl groups is 2. The van der Waals surface area contributed by atoms with Gasteiger partial charge in [-0.05, 0) is 25.7 Å². The van der Waals surface area contributed by atoms with Crippen LogP contribution in [-0.2, 0) is 28.7 Å². The average Bonchev–Trinajstić information content (AvgIpc) is 2.89. The fourth-order valence-corrected chi connectivity index (χ4v) is 2.71. The number of ether oxygens (including phenoxy) is 2. The van der Waals surface area contributed by atoms with Crippen molar-refractivity contribution in [1.82, 2.24) is 0 Å². The first-order chi connectivity index (χ1) is 18.2. The van der Waals surface area contributed by atoms with E-state index in [2.05, 4.69) is 13.8 Å². The Kier molecular flexibility index (Phi) is 35.9. The molecule has 0 spiro atoms. The van der Waals surface area contributed by atoms with Crippen LogP contribution in [0.15, 0.2) is 24.3 Å². The number of carbonyl (C=O) groups is 4. The number of aliphatic carboxylic acids is 2. The van der Waals surface area contributed by atoms with Crippen LogP contribution in [0.1, 0.15) is 104 Å². The van der Waals surface area contributed by atoms with Crippen molar-refractivity contribution >= 4 is 23.9 Å². The molecule has 0 aliphatic rings. The molecule has 10 heteroatoms. The summed E-state index contributed by atoms with van der Waals surface area (Å²) in [6.45, 7) is 5.46. The Morgan fingerprint density at radius 1 is 0.500 bits per heavy atom. The zero-order valence-electron chi connectivity index (χ0n) is 23.3. The second-order valence-corrected chi connectivity index (χ2v) is 8.37. The Morgan fingerprint density at radius 2 is 0.816 bits per heavy atom. The van der Waals surface area contributed by atoms with Gasteiger partial charge in [-0.2, -0.15) is 0 Å². The van der Waals surface area contributed by atoms with Crippen molar-refractivity contribution in [2.45, 2.75) is 104 Å². The minimum Gasteiger partial charge on any atom is -0.478 e. The molecule has 0 aliphatic heterocycles. The van der Waals surface area contributed by atoms with Crippen LogP contribution >= 0.6 is 0 Å². The van der Waals surface area contributed by atoms with Gasteiger partial charge in [-0.25, -0.2) is 19.2 Å². The van der Waals surface area contributed by atoms with Crippen LogP contribution in [0.25, 0.3) is 0 Å². The number of hydrogen-bond donors (Lipinski definition) is 4. The normalized spacial score (nSPS) is 10.3. The predicted molar refractivity (Wildman–Crippen MR) is 146 cm³/mol. The van der Waals surface area contributed by atoms with E-state index in [-0.39, 0.29) is 13.2 Å². The summed E-state index contributed by atoms with van der Waals surface area (Å²) < 4.78 is 9.62. The number of esters is 2. The summed E-state index contributed by atoms with van der Waals surface area (Å²) >= 11 is 0. The highest BCUT2D eigenvalue weighted by Gasteiger charge is 1.99. The molecule has 0 amide bonds. The molecule has 4 N–H and O–H groups in total. The van der Waals surface area contributed by atoms with E-state index >= 15 is 0 Å². The molecular weight excluding hydrogens is 496 g/mol. The van der Waals surface area contributed by atoms with E-state index < -0.39 is 23.9 Å². The number of carboxylic acid groups (broad SMARTS) is 2. The molecule has 0 aliphatic carbocycles. The highest BCUT2D eigenvalue weighted by molar-refractivity contribution is 5.91. The number of unbranched alkanes of at least 4 members (excludes halogenated alkanes) is 11. The summed E-state index contributed by atoms with van der Waals surface area (Å²) in [6, 6.07) is 0. The lowest BCUT2D eigenvalue weighted by atomic mass is 10.1. The molecule has 38 heavy (non-hydrogen) atoms. The lowest BCUT2D eigenvalue weighted by molar-refractivity contribution is -0.139. The molecule has 0 unspecified atom stereocenters. The molecule has 0 heterocycles. The van der Waals surface area contributed by atoms with Crippen molar-refractivity contribution in [3.8, 4) is 0 Å². The highest BCUT2D eigenvalue weighted by atomic mass is 16.5. The van der Waals surface area contributed by atoms with E-state index in [0.29, 0.717) is 13.2 Å². The number of carbonyl (C=O) groups excluding carboxylic acids is 2. The third-order valence-electron chi connectivity index (χ3n) is 4.77. The molecule has 0 rings (SSSR count). The third-order valence-corrected chi connectivity index (χ3v) is 4.77. The smallest absolute Gasteiger partial charge is 0.331 e. The van der Waals surface area contributed by atoms with Crippen LogP contribution < -0.4 is 0 Å². The largest absolute Gasteiger partial charge is 0.478 e. The van der Waals surface area contributed by atoms with Gasteiger partial charge in [-0.15, -0.1) is 0 Å². The zero-order valence-corrected chi connectivity index (χ0v) is 23.3. The van der Waals surface area contributed by atoms with Gasteiger partial charge in [-0.3, -0.25) is 0 Å². The lowest BCUT2D eigenvalue weighted by Gasteiger charge is -2.01. The highest BCUT2D eigenvalue weighted by Crippen LogP contribution is 2.05. The number of hydrogen-bond acceptors (Lipinski definition) is 8. The molecule has 0 atom stereocenters. The maximum absolute atomic E-state index is 10.9. The maximum Gasteiger partial charge on any atom is 0.331 e. The monoisotopic (exact) mass is 546 g/mol. The minimum atomic E-state index is -1.14. The summed E-state index contributed by atoms with van der Waals surface area (Å²) in [4.78, 5) is 42.0. The molecule has 0 bridgehead atoms. The van der Waals surface area contributed by atoms with Gasteiger partial charge in [0.25, 0.3) is 0 Å². The fourth-order valence-electron chi connectivity index (χ4n) is 2.71. The maximum atomic E-state index is 10.9. The Hall–Kier alpha value is -2.72. The molecule has 0 aromatic carbocycles. The van der Waals surface area contributed by atoms with Crippen molar-refractivity contribution in [1.29, 1.82) is 0 Å². The van der Waals surface area contributed by atoms with Gasteiger partial charge in [0, 0.05) is 37.5 Å². The molecule has 0 radical (unpaired) electrons. The van der Waals surface area contributed by atoms with Crippen LogP contribution in [0, 0.1) is 0 Å². The molecule has 0 aromatic heterocycles. The first-order valence-corrected chi connectivity index (χ1v) is 13.6. The van der Waals surface area contributed by atoms with Crippen molar-refractivity contribution in [2.75, 3.05) is 26.4 Å². The van der Waals surface area contributed by atoms with E-state index in [9.17, 15) is 19.2 Å². The molecular formula is C28H50O10. The fraction of sp³-hybridized carbons (Fsp3) is 0.714. The molecule has 0 fully saturated rings. The first kappa shape index (κ1) is 39.8. The SMILES string of the molecule is CCCCCCCCOC(=O)C=CC(=O)O.CCCCCCCCOC(=O)C=CC(=O)O.OCCCCO. The van der Waals surface area contributed by atoms with E-state index in [1.165, 1.54) is 38.5 Å². The summed E-state index contributed by atoms with van der Waals surface area (Å²) in [5, 5.41) is 32.7. The molecule has 0 saturated carbocycles. The van der Waals surface area contributed by atoms with Crippen molar-refractivity contribution in [3.05, 3.63) is 24.3 Å². The third kappa shape index (κ3) is 43.4. The second kappa shape index (κ2) is 34.3. The predicted octanol–water partition coefficient (Wildman–Crippen LogP) is 4.81. The van der Waals surface area contributed by atoms with Gasteiger partial charge in [-0.1, -0.05) is 78.1 Å². The van der Waals surface area contributed by atoms with Gasteiger partial charge in [0.15, 0.2) is 0 Å². The Bertz CT molecular complexity index is 575. The number of carboxylic acids is 2. The topological polar surface area (TPSA) is 168 Å². The average molecular weight is 547 g/mol. The van der Waals surface area contributed by atoms with Crippen molar-refractivity contribution < 1.29 is 49.1 Å². The van der Waals surface area contributed by atoms with Crippen LogP contribution in [0.5, 0.6) is 0 Å². The van der Waals surface area contributed by atoms with Crippen LogP contribution in [0.4, 0.5) is 0 Å². The Labute approximate surface area is 227 Å². The van der Waals surface area contributed by atoms with Gasteiger partial charge < -0.3 is 29.9 Å². The van der Waals surface area contributed by atoms with Gasteiger partial charge in [0.05, 0.1) is 13.2 Å². The minimum absolute atomic E-state index is 0.195. The number of aliphatic hydroxyl groups excluding tert-OH is 2. The molecule has 0 aromatic rings. The lowest BCUT2D eigenvalue weighted by Crippen LogP contribution is -2.03. The van der Waals surface area contributed by atoms with Crippen molar-refractivity contribution in [3.63, 3.8) is 0 Å². The summed E-state index contributed by atoms with van der Waals surface area (Å²) in [5.74, 6) is -3.46. The molecule has 10 nitrogen and oxygen atoms in total. The van der Waals surface area contributed by atoms with Gasteiger partial charge >= 0.3 is 23.9 Å². The van der Waals surface area contributed by atoms with Crippen LogP contribution in [-0.4, -0.2) is 70.7 Å². The number of rotatable bonds is 21. The molecule has 0 saturated heterocycles. The molecule has 222 valence electrons. The standard InChI is InChI=1S/2C12H20O4.C4H10O2/c2*1-2-3-4-5-6-7-10-16-12(15)9-8-11(13)14;5-3-1-2-4-6/h2*8-9H,2-7,10H2,1H3,(H,13,14);5-6H,1-4H2. The van der Waals surface area contributed by atoms with E-state index in [1.807, 2.05) is 0 Å². The van der Waals surface area contributed by atoms with Crippen molar-refractivity contribution in [2.24, 2.45) is 0 Å². The summed E-state index contributed by atoms with van der Waals surface area (Å²) in [5.41, 5.74) is 0. The van der Waals surface area contributed by atoms with E-state index in [1.54, 1.807) is 0 Å². The summed E-state index contributed by atoms with van der Waals surface area (Å²) in [7, 11) is 0. The van der Waals surface area contributed by atoms with Gasteiger partial charge in [0.2, 0.25) is 0 Å². The van der Waals surface area contributed by atoms with Gasteiger partial charge in [0.1, 0.15) is 0 Å². The Morgan fingerprint density at radius 3 is 1.11 bits per heavy atom. The zero-order chi connectivity index (χ0) is 29.3. The van der Waals surface area contributed by atoms with Crippen LogP contribution in [0.3, 0.4) is 0 Å². The van der Waals surface area contributed by atoms with Crippen LogP contribution in [0.2, 0.25) is 0 Å². The first-order valence-electron chi connectivity index (χ1n) is 13.6. The van der Waals surface area contributed by atoms with E-state index in [0.717, 1.165) is 75.7 Å². The van der Waals surface area contributed by atoms with E-state index in [4.69, 9.17) is 29.9 Å². The summed E-state index contributed by atoms with van der Waals surface area (Å²) in [6.07, 6.45) is 18.4.